The topological polar surface area (TPSA) is 97.5 Å². The van der Waals surface area contributed by atoms with E-state index in [4.69, 9.17) is 9.47 Å². The highest BCUT2D eigenvalue weighted by atomic mass is 32.2. The number of H-pyrrole nitrogens is 1. The molecule has 0 atom stereocenters. The second-order valence-electron chi connectivity index (χ2n) is 7.29. The molecule has 150 valence electrons. The van der Waals surface area contributed by atoms with Gasteiger partial charge in [0.2, 0.25) is 6.79 Å². The molecule has 0 unspecified atom stereocenters. The van der Waals surface area contributed by atoms with E-state index >= 15 is 0 Å². The minimum atomic E-state index is -3.83. The van der Waals surface area contributed by atoms with E-state index in [1.165, 1.54) is 0 Å². The third kappa shape index (κ3) is 2.95. The molecule has 0 bridgehead atoms. The van der Waals surface area contributed by atoms with Gasteiger partial charge in [-0.2, -0.15) is 0 Å². The lowest BCUT2D eigenvalue weighted by Gasteiger charge is -2.13. The van der Waals surface area contributed by atoms with Crippen LogP contribution in [0.3, 0.4) is 0 Å². The Kier molecular flexibility index (Phi) is 4.06. The molecule has 1 aliphatic heterocycles. The molecule has 0 saturated heterocycles. The quantitative estimate of drug-likeness (QED) is 0.680. The lowest BCUT2D eigenvalue weighted by molar-refractivity contribution is 0.0974. The van der Waals surface area contributed by atoms with Gasteiger partial charge in [-0.25, -0.2) is 8.42 Å². The first-order valence-corrected chi connectivity index (χ1v) is 11.1. The summed E-state index contributed by atoms with van der Waals surface area (Å²) in [6.07, 6.45) is 2.68. The number of Topliss-reactive ketones (excluding diaryl/α,β-unsaturated/α-hetero) is 1. The number of sulfonamides is 1. The van der Waals surface area contributed by atoms with Crippen molar-refractivity contribution in [2.45, 2.75) is 37.5 Å². The Bertz CT molecular complexity index is 1260. The van der Waals surface area contributed by atoms with Crippen LogP contribution in [0.4, 0.5) is 5.69 Å². The van der Waals surface area contributed by atoms with Gasteiger partial charge in [-0.05, 0) is 49.1 Å². The van der Waals surface area contributed by atoms with Crippen LogP contribution in [0.5, 0.6) is 11.5 Å². The maximum atomic E-state index is 13.2. The molecule has 3 aromatic rings. The van der Waals surface area contributed by atoms with Gasteiger partial charge in [-0.1, -0.05) is 6.92 Å². The second kappa shape index (κ2) is 6.52. The van der Waals surface area contributed by atoms with Crippen LogP contribution in [0.1, 0.15) is 41.4 Å². The summed E-state index contributed by atoms with van der Waals surface area (Å²) in [6.45, 7) is 2.03. The third-order valence-corrected chi connectivity index (χ3v) is 6.93. The molecule has 5 rings (SSSR count). The summed E-state index contributed by atoms with van der Waals surface area (Å²) in [4.78, 5) is 15.9. The molecular weight excluding hydrogens is 392 g/mol. The summed E-state index contributed by atoms with van der Waals surface area (Å²) in [5.41, 5.74) is 3.36. The number of hydrogen-bond donors (Lipinski definition) is 2. The zero-order valence-electron chi connectivity index (χ0n) is 15.9. The number of carbonyl (C=O) groups excluding carboxylic acids is 1. The molecule has 7 nitrogen and oxygen atoms in total. The van der Waals surface area contributed by atoms with Crippen LogP contribution < -0.4 is 14.2 Å². The molecule has 1 aromatic heterocycles. The van der Waals surface area contributed by atoms with Gasteiger partial charge in [0, 0.05) is 34.6 Å². The number of ketones is 1. The number of anilines is 1. The SMILES string of the molecule is CCc1cc2c3c([nH]c2cc1S(=O)(=O)Nc1ccc2c(c1)OCO2)CCCC3=O. The lowest BCUT2D eigenvalue weighted by Crippen LogP contribution is -2.15. The van der Waals surface area contributed by atoms with Gasteiger partial charge < -0.3 is 14.5 Å². The van der Waals surface area contributed by atoms with Gasteiger partial charge in [-0.3, -0.25) is 9.52 Å². The number of carbonyl (C=O) groups is 1. The van der Waals surface area contributed by atoms with Crippen LogP contribution in [-0.2, 0) is 22.9 Å². The zero-order chi connectivity index (χ0) is 20.2. The van der Waals surface area contributed by atoms with E-state index in [9.17, 15) is 13.2 Å². The Morgan fingerprint density at radius 3 is 2.76 bits per heavy atom. The van der Waals surface area contributed by atoms with Crippen molar-refractivity contribution < 1.29 is 22.7 Å². The predicted molar refractivity (Wildman–Crippen MR) is 108 cm³/mol. The number of nitrogens with one attached hydrogen (secondary N) is 2. The molecule has 0 fully saturated rings. The minimum absolute atomic E-state index is 0.119. The van der Waals surface area contributed by atoms with Crippen molar-refractivity contribution in [2.75, 3.05) is 11.5 Å². The number of fused-ring (bicyclic) bond motifs is 4. The van der Waals surface area contributed by atoms with E-state index in [0.29, 0.717) is 46.7 Å². The standard InChI is InChI=1S/C21H20N2O5S/c1-2-12-8-14-16(22-15-4-3-5-17(24)21(14)15)10-20(12)29(25,26)23-13-6-7-18-19(9-13)28-11-27-18/h6-10,22-23H,2-5,11H2,1H3. The number of aromatic nitrogens is 1. The summed E-state index contributed by atoms with van der Waals surface area (Å²) in [7, 11) is -3.83. The minimum Gasteiger partial charge on any atom is -0.454 e. The molecule has 8 heteroatoms. The summed E-state index contributed by atoms with van der Waals surface area (Å²) in [6, 6.07) is 8.39. The van der Waals surface area contributed by atoms with Gasteiger partial charge in [-0.15, -0.1) is 0 Å². The molecule has 0 saturated carbocycles. The molecule has 2 N–H and O–H groups in total. The van der Waals surface area contributed by atoms with Crippen molar-refractivity contribution in [3.05, 3.63) is 47.2 Å². The first-order chi connectivity index (χ1) is 14.0. The third-order valence-electron chi connectivity index (χ3n) is 5.46. The molecule has 0 radical (unpaired) electrons. The molecule has 0 spiro atoms. The van der Waals surface area contributed by atoms with E-state index in [0.717, 1.165) is 23.9 Å². The summed E-state index contributed by atoms with van der Waals surface area (Å²) >= 11 is 0. The van der Waals surface area contributed by atoms with Gasteiger partial charge >= 0.3 is 0 Å². The predicted octanol–water partition coefficient (Wildman–Crippen LogP) is 3.78. The Labute approximate surface area is 168 Å². The Hall–Kier alpha value is -3.00. The normalized spacial score (nSPS) is 15.6. The maximum Gasteiger partial charge on any atom is 0.262 e. The van der Waals surface area contributed by atoms with Gasteiger partial charge in [0.1, 0.15) is 0 Å². The molecule has 2 aliphatic rings. The van der Waals surface area contributed by atoms with Crippen molar-refractivity contribution in [3.63, 3.8) is 0 Å². The average Bonchev–Trinajstić information content (AvgIpc) is 3.30. The van der Waals surface area contributed by atoms with Crippen LogP contribution >= 0.6 is 0 Å². The smallest absolute Gasteiger partial charge is 0.262 e. The average molecular weight is 412 g/mol. The molecule has 2 heterocycles. The highest BCUT2D eigenvalue weighted by Crippen LogP contribution is 2.36. The van der Waals surface area contributed by atoms with Crippen LogP contribution in [0.2, 0.25) is 0 Å². The molecule has 29 heavy (non-hydrogen) atoms. The second-order valence-corrected chi connectivity index (χ2v) is 8.94. The highest BCUT2D eigenvalue weighted by Gasteiger charge is 2.26. The first kappa shape index (κ1) is 18.1. The van der Waals surface area contributed by atoms with Crippen LogP contribution in [0.15, 0.2) is 35.2 Å². The molecular formula is C21H20N2O5S. The van der Waals surface area contributed by atoms with Gasteiger partial charge in [0.15, 0.2) is 17.3 Å². The fraction of sp³-hybridized carbons (Fsp3) is 0.286. The van der Waals surface area contributed by atoms with E-state index in [-0.39, 0.29) is 17.5 Å². The van der Waals surface area contributed by atoms with E-state index < -0.39 is 10.0 Å². The Morgan fingerprint density at radius 1 is 1.10 bits per heavy atom. The number of benzene rings is 2. The Balaban J connectivity index is 1.58. The number of aromatic amines is 1. The summed E-state index contributed by atoms with van der Waals surface area (Å²) < 4.78 is 39.6. The largest absolute Gasteiger partial charge is 0.454 e. The Morgan fingerprint density at radius 2 is 1.93 bits per heavy atom. The van der Waals surface area contributed by atoms with Crippen molar-refractivity contribution in [1.82, 2.24) is 4.98 Å². The van der Waals surface area contributed by atoms with Crippen molar-refractivity contribution in [2.24, 2.45) is 0 Å². The van der Waals surface area contributed by atoms with E-state index in [1.807, 2.05) is 13.0 Å². The molecule has 0 amide bonds. The number of aryl methyl sites for hydroxylation is 2. The number of hydrogen-bond acceptors (Lipinski definition) is 5. The fourth-order valence-electron chi connectivity index (χ4n) is 4.08. The van der Waals surface area contributed by atoms with Crippen molar-refractivity contribution in [1.29, 1.82) is 0 Å². The van der Waals surface area contributed by atoms with Crippen molar-refractivity contribution >= 4 is 32.4 Å². The lowest BCUT2D eigenvalue weighted by atomic mass is 9.94. The zero-order valence-corrected chi connectivity index (χ0v) is 16.7. The molecule has 1 aliphatic carbocycles. The fourth-order valence-corrected chi connectivity index (χ4v) is 5.44. The van der Waals surface area contributed by atoms with Crippen LogP contribution in [0, 0.1) is 0 Å². The maximum absolute atomic E-state index is 13.2. The number of ether oxygens (including phenoxy) is 2. The summed E-state index contributed by atoms with van der Waals surface area (Å²) in [5.74, 6) is 1.21. The van der Waals surface area contributed by atoms with E-state index in [1.54, 1.807) is 24.3 Å². The van der Waals surface area contributed by atoms with Crippen molar-refractivity contribution in [3.8, 4) is 11.5 Å². The summed E-state index contributed by atoms with van der Waals surface area (Å²) in [5, 5.41) is 0.809. The van der Waals surface area contributed by atoms with Crippen LogP contribution in [-0.4, -0.2) is 26.0 Å². The van der Waals surface area contributed by atoms with E-state index in [2.05, 4.69) is 9.71 Å². The van der Waals surface area contributed by atoms with Gasteiger partial charge in [0.05, 0.1) is 10.6 Å². The highest BCUT2D eigenvalue weighted by molar-refractivity contribution is 7.92. The number of rotatable bonds is 4. The van der Waals surface area contributed by atoms with Gasteiger partial charge in [0.25, 0.3) is 10.0 Å². The first-order valence-electron chi connectivity index (χ1n) is 9.59. The molecule has 2 aromatic carbocycles. The monoisotopic (exact) mass is 412 g/mol. The van der Waals surface area contributed by atoms with Crippen LogP contribution in [0.25, 0.3) is 10.9 Å².